The lowest BCUT2D eigenvalue weighted by atomic mass is 10.1. The third-order valence-corrected chi connectivity index (χ3v) is 3.35. The Balaban J connectivity index is 2.07. The van der Waals surface area contributed by atoms with Gasteiger partial charge in [-0.3, -0.25) is 4.79 Å². The number of rotatable bonds is 2. The van der Waals surface area contributed by atoms with Gasteiger partial charge < -0.3 is 15.3 Å². The molecule has 2 aromatic rings. The van der Waals surface area contributed by atoms with Crippen LogP contribution in [0.15, 0.2) is 36.4 Å². The Morgan fingerprint density at radius 2 is 2.05 bits per heavy atom. The fraction of sp³-hybridized carbons (Fsp3) is 0.133. The Bertz CT molecular complexity index is 743. The van der Waals surface area contributed by atoms with Crippen LogP contribution in [0.3, 0.4) is 0 Å². The molecule has 1 amide bonds. The minimum Gasteiger partial charge on any atom is -0.478 e. The maximum absolute atomic E-state index is 11.8. The van der Waals surface area contributed by atoms with E-state index in [-0.39, 0.29) is 18.0 Å². The van der Waals surface area contributed by atoms with E-state index in [4.69, 9.17) is 5.11 Å². The summed E-state index contributed by atoms with van der Waals surface area (Å²) in [6.07, 6.45) is 0. The summed E-state index contributed by atoms with van der Waals surface area (Å²) < 4.78 is 0. The van der Waals surface area contributed by atoms with Crippen molar-refractivity contribution in [3.63, 3.8) is 0 Å². The molecule has 0 unspecified atom stereocenters. The summed E-state index contributed by atoms with van der Waals surface area (Å²) in [5.74, 6) is -0.585. The maximum Gasteiger partial charge on any atom is 0.337 e. The molecule has 106 valence electrons. The summed E-state index contributed by atoms with van der Waals surface area (Å²) in [7, 11) is 0. The number of carboxylic acid groups (broad SMARTS) is 1. The highest BCUT2D eigenvalue weighted by molar-refractivity contribution is 6.03. The average molecular weight is 283 g/mol. The van der Waals surface area contributed by atoms with Gasteiger partial charge in [-0.2, -0.15) is 0 Å². The van der Waals surface area contributed by atoms with Crippen molar-refractivity contribution >= 4 is 29.1 Å². The van der Waals surface area contributed by atoms with E-state index in [9.17, 15) is 9.59 Å². The van der Waals surface area contributed by atoms with Gasteiger partial charge >= 0.3 is 5.97 Å². The molecule has 0 radical (unpaired) electrons. The monoisotopic (exact) mass is 283 g/mol. The fourth-order valence-electron chi connectivity index (χ4n) is 2.36. The molecular formula is C15H13N3O3. The van der Waals surface area contributed by atoms with Crippen LogP contribution in [-0.2, 0) is 4.79 Å². The van der Waals surface area contributed by atoms with E-state index in [0.717, 1.165) is 11.4 Å². The van der Waals surface area contributed by atoms with Gasteiger partial charge in [-0.1, -0.05) is 12.1 Å². The van der Waals surface area contributed by atoms with E-state index in [1.165, 1.54) is 6.07 Å². The van der Waals surface area contributed by atoms with Crippen molar-refractivity contribution in [3.05, 3.63) is 47.7 Å². The molecule has 2 heterocycles. The van der Waals surface area contributed by atoms with Gasteiger partial charge in [-0.25, -0.2) is 9.78 Å². The smallest absolute Gasteiger partial charge is 0.337 e. The molecule has 21 heavy (non-hydrogen) atoms. The summed E-state index contributed by atoms with van der Waals surface area (Å²) in [6, 6.07) is 10.5. The molecule has 1 aromatic carbocycles. The molecular weight excluding hydrogens is 270 g/mol. The molecule has 0 fully saturated rings. The van der Waals surface area contributed by atoms with Crippen molar-refractivity contribution in [3.8, 4) is 0 Å². The number of carboxylic acids is 1. The molecule has 0 saturated heterocycles. The summed E-state index contributed by atoms with van der Waals surface area (Å²) >= 11 is 0. The molecule has 0 aliphatic carbocycles. The second-order valence-electron chi connectivity index (χ2n) is 4.76. The minimum absolute atomic E-state index is 0.129. The van der Waals surface area contributed by atoms with Crippen LogP contribution in [0, 0.1) is 6.92 Å². The Morgan fingerprint density at radius 3 is 2.76 bits per heavy atom. The first-order chi connectivity index (χ1) is 10.1. The van der Waals surface area contributed by atoms with E-state index < -0.39 is 5.97 Å². The molecule has 0 bridgehead atoms. The van der Waals surface area contributed by atoms with E-state index >= 15 is 0 Å². The van der Waals surface area contributed by atoms with E-state index in [2.05, 4.69) is 10.3 Å². The van der Waals surface area contributed by atoms with Crippen LogP contribution in [0.5, 0.6) is 0 Å². The number of anilines is 3. The number of fused-ring (bicyclic) bond motifs is 1. The van der Waals surface area contributed by atoms with Crippen LogP contribution in [0.4, 0.5) is 17.2 Å². The van der Waals surface area contributed by atoms with Crippen molar-refractivity contribution < 1.29 is 14.7 Å². The van der Waals surface area contributed by atoms with Gasteiger partial charge in [0.1, 0.15) is 12.4 Å². The lowest BCUT2D eigenvalue weighted by molar-refractivity contribution is -0.115. The average Bonchev–Trinajstić information content (AvgIpc) is 2.45. The highest BCUT2D eigenvalue weighted by Gasteiger charge is 2.24. The first-order valence-electron chi connectivity index (χ1n) is 6.43. The number of hydrogen-bond acceptors (Lipinski definition) is 4. The van der Waals surface area contributed by atoms with Gasteiger partial charge in [-0.15, -0.1) is 0 Å². The molecule has 6 nitrogen and oxygen atoms in total. The van der Waals surface area contributed by atoms with Gasteiger partial charge in [0.15, 0.2) is 0 Å². The number of nitrogens with one attached hydrogen (secondary N) is 1. The second kappa shape index (κ2) is 4.90. The number of pyridine rings is 1. The summed E-state index contributed by atoms with van der Waals surface area (Å²) in [5.41, 5.74) is 2.14. The zero-order valence-electron chi connectivity index (χ0n) is 11.3. The third-order valence-electron chi connectivity index (χ3n) is 3.35. The highest BCUT2D eigenvalue weighted by atomic mass is 16.4. The van der Waals surface area contributed by atoms with Crippen molar-refractivity contribution in [2.45, 2.75) is 6.92 Å². The molecule has 0 saturated carbocycles. The number of para-hydroxylation sites is 2. The van der Waals surface area contributed by atoms with Crippen LogP contribution < -0.4 is 10.2 Å². The van der Waals surface area contributed by atoms with Gasteiger partial charge in [0.05, 0.1) is 22.6 Å². The summed E-state index contributed by atoms with van der Waals surface area (Å²) in [5, 5.41) is 11.9. The lowest BCUT2D eigenvalue weighted by Gasteiger charge is -2.30. The number of amides is 1. The molecule has 2 N–H and O–H groups in total. The number of benzene rings is 1. The van der Waals surface area contributed by atoms with Crippen LogP contribution in [0.1, 0.15) is 16.1 Å². The van der Waals surface area contributed by atoms with Crippen LogP contribution in [-0.4, -0.2) is 28.5 Å². The molecule has 6 heteroatoms. The van der Waals surface area contributed by atoms with Gasteiger partial charge in [0.25, 0.3) is 0 Å². The first kappa shape index (κ1) is 13.1. The summed E-state index contributed by atoms with van der Waals surface area (Å²) in [6.45, 7) is 1.79. The number of aromatic carboxylic acids is 1. The number of aromatic nitrogens is 1. The number of hydrogen-bond donors (Lipinski definition) is 2. The number of nitrogens with zero attached hydrogens (tertiary/aromatic N) is 2. The van der Waals surface area contributed by atoms with Crippen LogP contribution in [0.2, 0.25) is 0 Å². The molecule has 1 aliphatic heterocycles. The molecule has 3 rings (SSSR count). The second-order valence-corrected chi connectivity index (χ2v) is 4.76. The standard InChI is InChI=1S/C15H13N3O3/c1-9-10(15(20)21)6-7-13(16-9)18-8-14(19)17-11-4-2-3-5-12(11)18/h2-7H,8H2,1H3,(H,17,19)(H,20,21). The normalized spacial score (nSPS) is 13.6. The van der Waals surface area contributed by atoms with Crippen molar-refractivity contribution in [1.29, 1.82) is 0 Å². The Morgan fingerprint density at radius 1 is 1.29 bits per heavy atom. The van der Waals surface area contributed by atoms with Gasteiger partial charge in [0, 0.05) is 0 Å². The molecule has 0 atom stereocenters. The van der Waals surface area contributed by atoms with Gasteiger partial charge in [0.2, 0.25) is 5.91 Å². The fourth-order valence-corrected chi connectivity index (χ4v) is 2.36. The zero-order valence-corrected chi connectivity index (χ0v) is 11.3. The van der Waals surface area contributed by atoms with Gasteiger partial charge in [-0.05, 0) is 31.2 Å². The van der Waals surface area contributed by atoms with E-state index in [0.29, 0.717) is 11.5 Å². The van der Waals surface area contributed by atoms with Crippen molar-refractivity contribution in [2.24, 2.45) is 0 Å². The predicted octanol–water partition coefficient (Wildman–Crippen LogP) is 2.18. The lowest BCUT2D eigenvalue weighted by Crippen LogP contribution is -2.35. The number of carbonyl (C=O) groups is 2. The van der Waals surface area contributed by atoms with E-state index in [1.807, 2.05) is 24.3 Å². The van der Waals surface area contributed by atoms with Crippen molar-refractivity contribution in [2.75, 3.05) is 16.8 Å². The Kier molecular flexibility index (Phi) is 3.06. The molecule has 1 aromatic heterocycles. The minimum atomic E-state index is -1.01. The quantitative estimate of drug-likeness (QED) is 0.882. The third kappa shape index (κ3) is 2.31. The van der Waals surface area contributed by atoms with Crippen LogP contribution >= 0.6 is 0 Å². The van der Waals surface area contributed by atoms with Crippen molar-refractivity contribution in [1.82, 2.24) is 4.98 Å². The highest BCUT2D eigenvalue weighted by Crippen LogP contribution is 2.33. The SMILES string of the molecule is Cc1nc(N2CC(=O)Nc3ccccc32)ccc1C(=O)O. The maximum atomic E-state index is 11.8. The largest absolute Gasteiger partial charge is 0.478 e. The Hall–Kier alpha value is -2.89. The summed E-state index contributed by atoms with van der Waals surface area (Å²) in [4.78, 5) is 28.9. The van der Waals surface area contributed by atoms with E-state index in [1.54, 1.807) is 17.9 Å². The first-order valence-corrected chi connectivity index (χ1v) is 6.43. The van der Waals surface area contributed by atoms with Crippen LogP contribution in [0.25, 0.3) is 0 Å². The Labute approximate surface area is 121 Å². The predicted molar refractivity (Wildman–Crippen MR) is 78.0 cm³/mol. The zero-order chi connectivity index (χ0) is 15.0. The topological polar surface area (TPSA) is 82.5 Å². The number of aryl methyl sites for hydroxylation is 1. The molecule has 0 spiro atoms. The number of carbonyl (C=O) groups excluding carboxylic acids is 1. The molecule has 1 aliphatic rings.